The summed E-state index contributed by atoms with van der Waals surface area (Å²) in [4.78, 5) is 11.6. The zero-order chi connectivity index (χ0) is 11.8. The van der Waals surface area contributed by atoms with E-state index in [9.17, 15) is 4.79 Å². The van der Waals surface area contributed by atoms with Crippen LogP contribution in [-0.4, -0.2) is 41.7 Å². The fraction of sp³-hybridized carbons (Fsp3) is 0.900. The Bertz CT molecular complexity index is 190. The van der Waals surface area contributed by atoms with E-state index < -0.39 is 6.04 Å². The Hall–Kier alpha value is -0.260. The van der Waals surface area contributed by atoms with E-state index in [-0.39, 0.29) is 24.5 Å². The number of aliphatic hydroxyl groups excluding tert-OH is 1. The molecule has 0 bridgehead atoms. The lowest BCUT2D eigenvalue weighted by Crippen LogP contribution is -2.47. The average molecular weight is 234 g/mol. The summed E-state index contributed by atoms with van der Waals surface area (Å²) in [5, 5.41) is 11.7. The van der Waals surface area contributed by atoms with E-state index in [0.717, 1.165) is 5.75 Å². The molecule has 2 unspecified atom stereocenters. The number of nitrogens with two attached hydrogens (primary N) is 1. The van der Waals surface area contributed by atoms with Gasteiger partial charge < -0.3 is 16.2 Å². The topological polar surface area (TPSA) is 75.4 Å². The molecule has 0 saturated heterocycles. The quantitative estimate of drug-likeness (QED) is 0.588. The Morgan fingerprint density at radius 1 is 1.53 bits per heavy atom. The number of thioether (sulfide) groups is 1. The monoisotopic (exact) mass is 234 g/mol. The summed E-state index contributed by atoms with van der Waals surface area (Å²) in [6.45, 7) is 3.83. The van der Waals surface area contributed by atoms with Gasteiger partial charge in [0, 0.05) is 12.6 Å². The Labute approximate surface area is 96.0 Å². The van der Waals surface area contributed by atoms with Crippen molar-refractivity contribution in [1.82, 2.24) is 5.32 Å². The third-order valence-corrected chi connectivity index (χ3v) is 3.13. The molecule has 0 rings (SSSR count). The molecule has 0 spiro atoms. The first-order valence-electron chi connectivity index (χ1n) is 5.18. The van der Waals surface area contributed by atoms with Gasteiger partial charge in [-0.3, -0.25) is 4.79 Å². The third kappa shape index (κ3) is 6.02. The van der Waals surface area contributed by atoms with Crippen molar-refractivity contribution >= 4 is 17.7 Å². The molecule has 1 amide bonds. The summed E-state index contributed by atoms with van der Waals surface area (Å²) in [5.74, 6) is 0.817. The third-order valence-electron chi connectivity index (χ3n) is 2.48. The van der Waals surface area contributed by atoms with Crippen LogP contribution in [0, 0.1) is 5.92 Å². The van der Waals surface area contributed by atoms with Crippen molar-refractivity contribution in [3.05, 3.63) is 0 Å². The van der Waals surface area contributed by atoms with E-state index in [1.165, 1.54) is 0 Å². The fourth-order valence-electron chi connectivity index (χ4n) is 1.01. The maximum Gasteiger partial charge on any atom is 0.237 e. The van der Waals surface area contributed by atoms with Crippen LogP contribution in [0.2, 0.25) is 0 Å². The van der Waals surface area contributed by atoms with Crippen LogP contribution in [0.4, 0.5) is 0 Å². The van der Waals surface area contributed by atoms with Crippen LogP contribution in [0.5, 0.6) is 0 Å². The molecule has 0 aliphatic heterocycles. The van der Waals surface area contributed by atoms with E-state index in [0.29, 0.717) is 6.42 Å². The van der Waals surface area contributed by atoms with Crippen molar-refractivity contribution < 1.29 is 9.90 Å². The number of rotatable bonds is 7. The van der Waals surface area contributed by atoms with Crippen molar-refractivity contribution in [3.63, 3.8) is 0 Å². The first-order valence-corrected chi connectivity index (χ1v) is 6.58. The summed E-state index contributed by atoms with van der Waals surface area (Å²) >= 11 is 1.68. The lowest BCUT2D eigenvalue weighted by Gasteiger charge is -2.21. The Kier molecular flexibility index (Phi) is 7.82. The predicted octanol–water partition coefficient (Wildman–Crippen LogP) is 0.200. The molecule has 0 radical (unpaired) electrons. The average Bonchev–Trinajstić information content (AvgIpc) is 2.24. The smallest absolute Gasteiger partial charge is 0.237 e. The second-order valence-corrected chi connectivity index (χ2v) is 4.83. The highest BCUT2D eigenvalue weighted by Gasteiger charge is 2.18. The molecular formula is C10H22N2O2S. The maximum absolute atomic E-state index is 11.6. The van der Waals surface area contributed by atoms with Gasteiger partial charge in [0.05, 0.1) is 6.04 Å². The van der Waals surface area contributed by atoms with Crippen LogP contribution in [0.3, 0.4) is 0 Å². The summed E-state index contributed by atoms with van der Waals surface area (Å²) in [6, 6.07) is -0.478. The minimum Gasteiger partial charge on any atom is -0.396 e. The van der Waals surface area contributed by atoms with E-state index >= 15 is 0 Å². The summed E-state index contributed by atoms with van der Waals surface area (Å²) in [5.41, 5.74) is 5.71. The van der Waals surface area contributed by atoms with Gasteiger partial charge in [-0.25, -0.2) is 0 Å². The molecule has 5 heteroatoms. The highest BCUT2D eigenvalue weighted by molar-refractivity contribution is 7.98. The van der Waals surface area contributed by atoms with Gasteiger partial charge in [-0.2, -0.15) is 11.8 Å². The van der Waals surface area contributed by atoms with E-state index in [2.05, 4.69) is 5.32 Å². The molecule has 0 aromatic rings. The standard InChI is InChI=1S/C10H22N2O2S/c1-7(6-13)8(2)12-10(14)9(11)4-5-15-3/h7-9,13H,4-6,11H2,1-3H3,(H,12,14)/t7?,8?,9-/m0/s1. The van der Waals surface area contributed by atoms with Crippen LogP contribution in [0.1, 0.15) is 20.3 Å². The predicted molar refractivity (Wildman–Crippen MR) is 64.8 cm³/mol. The summed E-state index contributed by atoms with van der Waals surface area (Å²) in [7, 11) is 0. The number of carbonyl (C=O) groups excluding carboxylic acids is 1. The van der Waals surface area contributed by atoms with Crippen molar-refractivity contribution in [2.45, 2.75) is 32.4 Å². The molecule has 0 aromatic heterocycles. The van der Waals surface area contributed by atoms with E-state index in [4.69, 9.17) is 10.8 Å². The Morgan fingerprint density at radius 3 is 2.60 bits per heavy atom. The second kappa shape index (κ2) is 7.96. The van der Waals surface area contributed by atoms with Crippen LogP contribution in [-0.2, 0) is 4.79 Å². The van der Waals surface area contributed by atoms with Crippen molar-refractivity contribution in [1.29, 1.82) is 0 Å². The van der Waals surface area contributed by atoms with Crippen LogP contribution >= 0.6 is 11.8 Å². The van der Waals surface area contributed by atoms with Gasteiger partial charge >= 0.3 is 0 Å². The molecule has 0 aliphatic rings. The zero-order valence-electron chi connectivity index (χ0n) is 9.69. The number of nitrogens with one attached hydrogen (secondary N) is 1. The number of amides is 1. The minimum atomic E-state index is -0.439. The number of aliphatic hydroxyl groups is 1. The highest BCUT2D eigenvalue weighted by Crippen LogP contribution is 2.03. The maximum atomic E-state index is 11.6. The fourth-order valence-corrected chi connectivity index (χ4v) is 1.50. The van der Waals surface area contributed by atoms with Gasteiger partial charge in [0.2, 0.25) is 5.91 Å². The molecular weight excluding hydrogens is 212 g/mol. The molecule has 0 heterocycles. The minimum absolute atomic E-state index is 0.0390. The SMILES string of the molecule is CSCC[C@H](N)C(=O)NC(C)C(C)CO. The normalized spacial score (nSPS) is 16.9. The highest BCUT2D eigenvalue weighted by atomic mass is 32.2. The first kappa shape index (κ1) is 14.7. The van der Waals surface area contributed by atoms with Gasteiger partial charge in [0.15, 0.2) is 0 Å². The lowest BCUT2D eigenvalue weighted by atomic mass is 10.0. The van der Waals surface area contributed by atoms with E-state index in [1.807, 2.05) is 20.1 Å². The number of carbonyl (C=O) groups is 1. The summed E-state index contributed by atoms with van der Waals surface area (Å²) in [6.07, 6.45) is 2.67. The van der Waals surface area contributed by atoms with E-state index in [1.54, 1.807) is 11.8 Å². The van der Waals surface area contributed by atoms with Crippen molar-refractivity contribution in [3.8, 4) is 0 Å². The van der Waals surface area contributed by atoms with Gasteiger partial charge in [0.1, 0.15) is 0 Å². The van der Waals surface area contributed by atoms with Gasteiger partial charge in [0.25, 0.3) is 0 Å². The second-order valence-electron chi connectivity index (χ2n) is 3.85. The van der Waals surface area contributed by atoms with Crippen LogP contribution in [0.15, 0.2) is 0 Å². The lowest BCUT2D eigenvalue weighted by molar-refractivity contribution is -0.123. The Balaban J connectivity index is 3.90. The van der Waals surface area contributed by atoms with Crippen molar-refractivity contribution in [2.24, 2.45) is 11.7 Å². The number of hydrogen-bond acceptors (Lipinski definition) is 4. The number of hydrogen-bond donors (Lipinski definition) is 3. The molecule has 4 nitrogen and oxygen atoms in total. The molecule has 0 fully saturated rings. The molecule has 0 aromatic carbocycles. The van der Waals surface area contributed by atoms with Crippen LogP contribution < -0.4 is 11.1 Å². The largest absolute Gasteiger partial charge is 0.396 e. The van der Waals surface area contributed by atoms with Gasteiger partial charge in [-0.15, -0.1) is 0 Å². The van der Waals surface area contributed by atoms with Gasteiger partial charge in [-0.1, -0.05) is 6.92 Å². The molecule has 0 saturated carbocycles. The molecule has 90 valence electrons. The first-order chi connectivity index (χ1) is 7.02. The molecule has 3 atom stereocenters. The summed E-state index contributed by atoms with van der Waals surface area (Å²) < 4.78 is 0. The van der Waals surface area contributed by atoms with Gasteiger partial charge in [-0.05, 0) is 31.3 Å². The van der Waals surface area contributed by atoms with Crippen LogP contribution in [0.25, 0.3) is 0 Å². The molecule has 15 heavy (non-hydrogen) atoms. The molecule has 0 aliphatic carbocycles. The molecule has 4 N–H and O–H groups in total. The zero-order valence-corrected chi connectivity index (χ0v) is 10.5. The Morgan fingerprint density at radius 2 is 2.13 bits per heavy atom. The van der Waals surface area contributed by atoms with Crippen molar-refractivity contribution in [2.75, 3.05) is 18.6 Å².